The Morgan fingerprint density at radius 2 is 2.24 bits per heavy atom. The van der Waals surface area contributed by atoms with Crippen LogP contribution in [0.1, 0.15) is 24.2 Å². The van der Waals surface area contributed by atoms with Gasteiger partial charge in [0, 0.05) is 25.5 Å². The van der Waals surface area contributed by atoms with Gasteiger partial charge in [0.25, 0.3) is 0 Å². The van der Waals surface area contributed by atoms with E-state index in [0.29, 0.717) is 13.2 Å². The molecule has 1 aliphatic rings. The van der Waals surface area contributed by atoms with Gasteiger partial charge in [-0.2, -0.15) is 5.10 Å². The summed E-state index contributed by atoms with van der Waals surface area (Å²) in [6.45, 7) is 8.97. The summed E-state index contributed by atoms with van der Waals surface area (Å²) in [5.74, 6) is 0.955. The standard InChI is InChI=1S/C19H27N5O/c1-3-20-19(21-10-12-24-11-6-9-22-24)23-13-14-25-18(15-23)17-8-5-4-7-16(17)2/h4-9,11,18H,3,10,12-15H2,1-2H3,(H,20,21). The largest absolute Gasteiger partial charge is 0.370 e. The topological polar surface area (TPSA) is 54.7 Å². The minimum absolute atomic E-state index is 0.0879. The molecule has 2 aromatic rings. The summed E-state index contributed by atoms with van der Waals surface area (Å²) in [6.07, 6.45) is 3.85. The van der Waals surface area contributed by atoms with Crippen molar-refractivity contribution < 1.29 is 4.74 Å². The van der Waals surface area contributed by atoms with Gasteiger partial charge in [-0.15, -0.1) is 0 Å². The van der Waals surface area contributed by atoms with E-state index >= 15 is 0 Å². The molecule has 0 amide bonds. The van der Waals surface area contributed by atoms with E-state index in [4.69, 9.17) is 9.73 Å². The van der Waals surface area contributed by atoms with E-state index in [1.807, 2.05) is 16.9 Å². The minimum atomic E-state index is 0.0879. The summed E-state index contributed by atoms with van der Waals surface area (Å²) in [5.41, 5.74) is 2.54. The number of morpholine rings is 1. The predicted octanol–water partition coefficient (Wildman–Crippen LogP) is 2.23. The molecule has 0 saturated carbocycles. The van der Waals surface area contributed by atoms with Crippen molar-refractivity contribution >= 4 is 5.96 Å². The molecule has 0 radical (unpaired) electrons. The Bertz CT molecular complexity index is 683. The summed E-state index contributed by atoms with van der Waals surface area (Å²) >= 11 is 0. The fourth-order valence-electron chi connectivity index (χ4n) is 3.09. The molecule has 3 rings (SSSR count). The van der Waals surface area contributed by atoms with Crippen LogP contribution in [0.15, 0.2) is 47.7 Å². The van der Waals surface area contributed by atoms with Crippen molar-refractivity contribution in [2.75, 3.05) is 32.8 Å². The van der Waals surface area contributed by atoms with E-state index in [9.17, 15) is 0 Å². The van der Waals surface area contributed by atoms with Crippen LogP contribution in [0.25, 0.3) is 0 Å². The highest BCUT2D eigenvalue weighted by Crippen LogP contribution is 2.24. The molecule has 0 aliphatic carbocycles. The maximum absolute atomic E-state index is 6.03. The Kier molecular flexibility index (Phi) is 6.06. The van der Waals surface area contributed by atoms with Crippen LogP contribution in [-0.2, 0) is 11.3 Å². The van der Waals surface area contributed by atoms with E-state index < -0.39 is 0 Å². The summed E-state index contributed by atoms with van der Waals surface area (Å²) in [5, 5.41) is 7.64. The van der Waals surface area contributed by atoms with Gasteiger partial charge in [-0.25, -0.2) is 0 Å². The number of guanidine groups is 1. The summed E-state index contributed by atoms with van der Waals surface area (Å²) in [4.78, 5) is 7.08. The molecule has 1 aromatic carbocycles. The van der Waals surface area contributed by atoms with Gasteiger partial charge in [-0.3, -0.25) is 9.67 Å². The number of aliphatic imine (C=N–C) groups is 1. The average molecular weight is 341 g/mol. The van der Waals surface area contributed by atoms with Crippen LogP contribution in [0.2, 0.25) is 0 Å². The second-order valence-corrected chi connectivity index (χ2v) is 6.17. The van der Waals surface area contributed by atoms with Crippen molar-refractivity contribution in [1.82, 2.24) is 20.0 Å². The zero-order valence-electron chi connectivity index (χ0n) is 15.1. The van der Waals surface area contributed by atoms with Crippen molar-refractivity contribution in [2.24, 2.45) is 4.99 Å². The fourth-order valence-corrected chi connectivity index (χ4v) is 3.09. The van der Waals surface area contributed by atoms with Gasteiger partial charge in [0.15, 0.2) is 5.96 Å². The Hall–Kier alpha value is -2.34. The number of nitrogens with zero attached hydrogens (tertiary/aromatic N) is 4. The highest BCUT2D eigenvalue weighted by Gasteiger charge is 2.25. The van der Waals surface area contributed by atoms with Gasteiger partial charge in [0.2, 0.25) is 0 Å². The first-order valence-corrected chi connectivity index (χ1v) is 8.95. The van der Waals surface area contributed by atoms with Gasteiger partial charge in [0.1, 0.15) is 6.10 Å². The minimum Gasteiger partial charge on any atom is -0.370 e. The molecule has 25 heavy (non-hydrogen) atoms. The maximum Gasteiger partial charge on any atom is 0.194 e. The second-order valence-electron chi connectivity index (χ2n) is 6.17. The number of ether oxygens (including phenoxy) is 1. The average Bonchev–Trinajstić information content (AvgIpc) is 3.15. The second kappa shape index (κ2) is 8.67. The highest BCUT2D eigenvalue weighted by atomic mass is 16.5. The molecule has 1 fully saturated rings. The SMILES string of the molecule is CCNC(=NCCn1cccn1)N1CCOC(c2ccccc2C)C1. The van der Waals surface area contributed by atoms with Gasteiger partial charge in [0.05, 0.1) is 26.2 Å². The van der Waals surface area contributed by atoms with Crippen LogP contribution in [0.4, 0.5) is 0 Å². The molecule has 6 nitrogen and oxygen atoms in total. The number of hydrogen-bond donors (Lipinski definition) is 1. The maximum atomic E-state index is 6.03. The van der Waals surface area contributed by atoms with Crippen molar-refractivity contribution in [2.45, 2.75) is 26.5 Å². The number of hydrogen-bond acceptors (Lipinski definition) is 3. The first kappa shape index (κ1) is 17.5. The smallest absolute Gasteiger partial charge is 0.194 e. The zero-order valence-corrected chi connectivity index (χ0v) is 15.1. The first-order valence-electron chi connectivity index (χ1n) is 8.95. The Morgan fingerprint density at radius 1 is 1.36 bits per heavy atom. The van der Waals surface area contributed by atoms with Crippen LogP contribution >= 0.6 is 0 Å². The lowest BCUT2D eigenvalue weighted by Crippen LogP contribution is -2.48. The van der Waals surface area contributed by atoms with E-state index in [0.717, 1.165) is 32.1 Å². The van der Waals surface area contributed by atoms with Gasteiger partial charge < -0.3 is 15.0 Å². The van der Waals surface area contributed by atoms with E-state index in [1.165, 1.54) is 11.1 Å². The lowest BCUT2D eigenvalue weighted by Gasteiger charge is -2.35. The third-order valence-electron chi connectivity index (χ3n) is 4.39. The molecule has 1 aliphatic heterocycles. The molecule has 1 N–H and O–H groups in total. The quantitative estimate of drug-likeness (QED) is 0.669. The molecule has 1 saturated heterocycles. The zero-order chi connectivity index (χ0) is 17.5. The number of aromatic nitrogens is 2. The lowest BCUT2D eigenvalue weighted by molar-refractivity contribution is -0.00833. The predicted molar refractivity (Wildman–Crippen MR) is 99.7 cm³/mol. The highest BCUT2D eigenvalue weighted by molar-refractivity contribution is 5.80. The Balaban J connectivity index is 1.67. The summed E-state index contributed by atoms with van der Waals surface area (Å²) in [7, 11) is 0. The number of aryl methyl sites for hydroxylation is 1. The molecule has 1 unspecified atom stereocenters. The van der Waals surface area contributed by atoms with Crippen LogP contribution in [0, 0.1) is 6.92 Å². The molecule has 1 aromatic heterocycles. The lowest BCUT2D eigenvalue weighted by atomic mass is 10.0. The molecule has 134 valence electrons. The molecule has 1 atom stereocenters. The van der Waals surface area contributed by atoms with E-state index in [1.54, 1.807) is 6.20 Å². The van der Waals surface area contributed by atoms with E-state index in [-0.39, 0.29) is 6.10 Å². The molecule has 6 heteroatoms. The van der Waals surface area contributed by atoms with Crippen molar-refractivity contribution in [3.8, 4) is 0 Å². The molecule has 0 spiro atoms. The van der Waals surface area contributed by atoms with E-state index in [2.05, 4.69) is 53.4 Å². The van der Waals surface area contributed by atoms with Crippen LogP contribution in [0.5, 0.6) is 0 Å². The summed E-state index contributed by atoms with van der Waals surface area (Å²) < 4.78 is 7.93. The molecular formula is C19H27N5O. The Morgan fingerprint density at radius 3 is 3.00 bits per heavy atom. The van der Waals surface area contributed by atoms with Gasteiger partial charge in [-0.1, -0.05) is 24.3 Å². The fraction of sp³-hybridized carbons (Fsp3) is 0.474. The third-order valence-corrected chi connectivity index (χ3v) is 4.39. The van der Waals surface area contributed by atoms with Gasteiger partial charge in [-0.05, 0) is 31.0 Å². The first-order chi connectivity index (χ1) is 12.3. The van der Waals surface area contributed by atoms with Crippen molar-refractivity contribution in [3.05, 3.63) is 53.9 Å². The van der Waals surface area contributed by atoms with Crippen molar-refractivity contribution in [3.63, 3.8) is 0 Å². The number of benzene rings is 1. The van der Waals surface area contributed by atoms with Crippen LogP contribution in [-0.4, -0.2) is 53.4 Å². The molecule has 0 bridgehead atoms. The Labute approximate surface area is 149 Å². The van der Waals surface area contributed by atoms with Crippen LogP contribution in [0.3, 0.4) is 0 Å². The van der Waals surface area contributed by atoms with Crippen LogP contribution < -0.4 is 5.32 Å². The monoisotopic (exact) mass is 341 g/mol. The third kappa shape index (κ3) is 4.60. The number of nitrogens with one attached hydrogen (secondary N) is 1. The normalized spacial score (nSPS) is 18.4. The van der Waals surface area contributed by atoms with Gasteiger partial charge >= 0.3 is 0 Å². The van der Waals surface area contributed by atoms with Crippen molar-refractivity contribution in [1.29, 1.82) is 0 Å². The molecular weight excluding hydrogens is 314 g/mol. The molecule has 2 heterocycles. The summed E-state index contributed by atoms with van der Waals surface area (Å²) in [6, 6.07) is 10.4. The number of rotatable bonds is 5.